The fourth-order valence-corrected chi connectivity index (χ4v) is 2.51. The van der Waals surface area contributed by atoms with Gasteiger partial charge in [-0.1, -0.05) is 6.92 Å². The summed E-state index contributed by atoms with van der Waals surface area (Å²) in [5.74, 6) is -0.0585. The summed E-state index contributed by atoms with van der Waals surface area (Å²) in [5, 5.41) is 0. The molecule has 0 aromatic heterocycles. The van der Waals surface area contributed by atoms with Gasteiger partial charge in [0.1, 0.15) is 0 Å². The van der Waals surface area contributed by atoms with Crippen LogP contribution in [0.1, 0.15) is 39.5 Å². The number of carbonyl (C=O) groups excluding carboxylic acids is 1. The molecule has 0 N–H and O–H groups in total. The lowest BCUT2D eigenvalue weighted by Gasteiger charge is -2.34. The number of thiol groups is 1. The standard InChI is InChI=1S/C10H18O5S/c1-3-14-9(11)10(15-16(12)13)6-4-8(2)5-7-10/h8,16H,3-7H2,1-2H3. The predicted octanol–water partition coefficient (Wildman–Crippen LogP) is 1.04. The maximum absolute atomic E-state index is 11.7. The Balaban J connectivity index is 2.80. The van der Waals surface area contributed by atoms with Crippen LogP contribution >= 0.6 is 0 Å². The average molecular weight is 250 g/mol. The van der Waals surface area contributed by atoms with Crippen LogP contribution in [0.4, 0.5) is 0 Å². The number of ether oxygens (including phenoxy) is 1. The Bertz CT molecular complexity index is 307. The highest BCUT2D eigenvalue weighted by atomic mass is 32.2. The Labute approximate surface area is 97.3 Å². The molecule has 1 saturated carbocycles. The van der Waals surface area contributed by atoms with Crippen molar-refractivity contribution in [1.82, 2.24) is 0 Å². The Morgan fingerprint density at radius 3 is 2.38 bits per heavy atom. The molecule has 0 atom stereocenters. The zero-order valence-corrected chi connectivity index (χ0v) is 10.5. The van der Waals surface area contributed by atoms with Crippen molar-refractivity contribution in [3.8, 4) is 0 Å². The van der Waals surface area contributed by atoms with Gasteiger partial charge in [-0.3, -0.25) is 4.18 Å². The maximum atomic E-state index is 11.7. The monoisotopic (exact) mass is 250 g/mol. The van der Waals surface area contributed by atoms with Gasteiger partial charge in [0.05, 0.1) is 6.61 Å². The molecule has 0 aliphatic heterocycles. The number of hydrogen-bond donors (Lipinski definition) is 1. The summed E-state index contributed by atoms with van der Waals surface area (Å²) < 4.78 is 31.1. The zero-order chi connectivity index (χ0) is 12.2. The third-order valence-corrected chi connectivity index (χ3v) is 3.48. The summed E-state index contributed by atoms with van der Waals surface area (Å²) in [4.78, 5) is 11.7. The first-order chi connectivity index (χ1) is 7.50. The Morgan fingerprint density at radius 1 is 1.38 bits per heavy atom. The number of rotatable bonds is 4. The highest BCUT2D eigenvalue weighted by Gasteiger charge is 2.44. The van der Waals surface area contributed by atoms with Gasteiger partial charge in [0.25, 0.3) is 11.0 Å². The van der Waals surface area contributed by atoms with E-state index >= 15 is 0 Å². The summed E-state index contributed by atoms with van der Waals surface area (Å²) in [6.07, 6.45) is 2.39. The summed E-state index contributed by atoms with van der Waals surface area (Å²) in [7, 11) is -3.03. The number of carbonyl (C=O) groups is 1. The molecule has 0 spiro atoms. The van der Waals surface area contributed by atoms with Gasteiger partial charge in [-0.15, -0.1) is 0 Å². The second-order valence-corrected chi connectivity index (χ2v) is 4.84. The highest BCUT2D eigenvalue weighted by Crippen LogP contribution is 2.35. The van der Waals surface area contributed by atoms with Crippen LogP contribution in [0.15, 0.2) is 0 Å². The SMILES string of the molecule is CCOC(=O)C1(O[SH](=O)=O)CCC(C)CC1. The van der Waals surface area contributed by atoms with E-state index in [9.17, 15) is 13.2 Å². The van der Waals surface area contributed by atoms with Crippen LogP contribution < -0.4 is 0 Å². The molecule has 0 aromatic rings. The molecule has 1 aliphatic rings. The van der Waals surface area contributed by atoms with E-state index in [0.29, 0.717) is 18.8 Å². The van der Waals surface area contributed by atoms with E-state index < -0.39 is 22.6 Å². The largest absolute Gasteiger partial charge is 0.464 e. The normalized spacial score (nSPS) is 30.3. The molecule has 1 aliphatic carbocycles. The molecule has 0 radical (unpaired) electrons. The average Bonchev–Trinajstić information content (AvgIpc) is 2.21. The summed E-state index contributed by atoms with van der Waals surface area (Å²) in [5.41, 5.74) is -1.27. The van der Waals surface area contributed by atoms with Crippen molar-refractivity contribution in [2.75, 3.05) is 6.61 Å². The van der Waals surface area contributed by atoms with E-state index in [1.54, 1.807) is 6.92 Å². The molecule has 1 rings (SSSR count). The van der Waals surface area contributed by atoms with E-state index in [4.69, 9.17) is 8.92 Å². The first-order valence-corrected chi connectivity index (χ1v) is 6.60. The van der Waals surface area contributed by atoms with Gasteiger partial charge in [-0.25, -0.2) is 13.2 Å². The molecule has 0 unspecified atom stereocenters. The van der Waals surface area contributed by atoms with Crippen LogP contribution in [0.25, 0.3) is 0 Å². The van der Waals surface area contributed by atoms with Gasteiger partial charge in [-0.05, 0) is 38.5 Å². The van der Waals surface area contributed by atoms with Crippen molar-refractivity contribution < 1.29 is 22.1 Å². The predicted molar refractivity (Wildman–Crippen MR) is 58.4 cm³/mol. The third-order valence-electron chi connectivity index (χ3n) is 2.98. The van der Waals surface area contributed by atoms with Crippen LogP contribution in [0.3, 0.4) is 0 Å². The van der Waals surface area contributed by atoms with Crippen LogP contribution in [0.5, 0.6) is 0 Å². The fourth-order valence-electron chi connectivity index (χ4n) is 1.97. The summed E-state index contributed by atoms with van der Waals surface area (Å²) >= 11 is 0. The van der Waals surface area contributed by atoms with Crippen molar-refractivity contribution in [2.24, 2.45) is 5.92 Å². The first-order valence-electron chi connectivity index (χ1n) is 5.51. The molecule has 1 fully saturated rings. The smallest absolute Gasteiger partial charge is 0.339 e. The highest BCUT2D eigenvalue weighted by molar-refractivity contribution is 7.67. The summed E-state index contributed by atoms with van der Waals surface area (Å²) in [6.45, 7) is 4.00. The quantitative estimate of drug-likeness (QED) is 0.596. The van der Waals surface area contributed by atoms with Crippen molar-refractivity contribution in [2.45, 2.75) is 45.1 Å². The molecule has 0 saturated heterocycles. The Kier molecular flexibility index (Phi) is 4.73. The molecule has 0 heterocycles. The van der Waals surface area contributed by atoms with Crippen LogP contribution in [-0.2, 0) is 24.7 Å². The van der Waals surface area contributed by atoms with Crippen molar-refractivity contribution in [1.29, 1.82) is 0 Å². The van der Waals surface area contributed by atoms with Crippen LogP contribution in [0.2, 0.25) is 0 Å². The minimum Gasteiger partial charge on any atom is -0.464 e. The van der Waals surface area contributed by atoms with Gasteiger partial charge >= 0.3 is 5.97 Å². The molecule has 94 valence electrons. The minimum atomic E-state index is -3.03. The van der Waals surface area contributed by atoms with Gasteiger partial charge < -0.3 is 4.74 Å². The lowest BCUT2D eigenvalue weighted by molar-refractivity contribution is -0.164. The van der Waals surface area contributed by atoms with E-state index in [0.717, 1.165) is 12.8 Å². The third kappa shape index (κ3) is 3.18. The second kappa shape index (κ2) is 5.63. The molecule has 0 amide bonds. The Hall–Kier alpha value is -0.620. The fraction of sp³-hybridized carbons (Fsp3) is 0.900. The first kappa shape index (κ1) is 13.4. The van der Waals surface area contributed by atoms with Crippen molar-refractivity contribution in [3.63, 3.8) is 0 Å². The van der Waals surface area contributed by atoms with Gasteiger partial charge in [-0.2, -0.15) is 0 Å². The molecular weight excluding hydrogens is 232 g/mol. The Morgan fingerprint density at radius 2 is 1.94 bits per heavy atom. The van der Waals surface area contributed by atoms with Crippen LogP contribution in [0, 0.1) is 5.92 Å². The molecule has 0 aromatic carbocycles. The summed E-state index contributed by atoms with van der Waals surface area (Å²) in [6, 6.07) is 0. The van der Waals surface area contributed by atoms with Crippen molar-refractivity contribution in [3.05, 3.63) is 0 Å². The van der Waals surface area contributed by atoms with Gasteiger partial charge in [0, 0.05) is 0 Å². The van der Waals surface area contributed by atoms with Crippen LogP contribution in [-0.4, -0.2) is 26.6 Å². The molecule has 16 heavy (non-hydrogen) atoms. The minimum absolute atomic E-state index is 0.231. The van der Waals surface area contributed by atoms with E-state index in [1.807, 2.05) is 0 Å². The molecule has 5 nitrogen and oxygen atoms in total. The van der Waals surface area contributed by atoms with Gasteiger partial charge in [0.15, 0.2) is 5.60 Å². The van der Waals surface area contributed by atoms with Crippen molar-refractivity contribution >= 4 is 17.0 Å². The molecule has 6 heteroatoms. The van der Waals surface area contributed by atoms with E-state index in [2.05, 4.69) is 6.92 Å². The number of esters is 1. The second-order valence-electron chi connectivity index (χ2n) is 4.21. The van der Waals surface area contributed by atoms with E-state index in [-0.39, 0.29) is 6.61 Å². The molecular formula is C10H18O5S. The number of hydrogen-bond acceptors (Lipinski definition) is 5. The van der Waals surface area contributed by atoms with E-state index in [1.165, 1.54) is 0 Å². The van der Waals surface area contributed by atoms with Gasteiger partial charge in [0.2, 0.25) is 0 Å². The lowest BCUT2D eigenvalue weighted by Crippen LogP contribution is -2.45. The lowest BCUT2D eigenvalue weighted by atomic mass is 9.80. The maximum Gasteiger partial charge on any atom is 0.339 e. The topological polar surface area (TPSA) is 69.7 Å². The zero-order valence-electron chi connectivity index (χ0n) is 9.60. The molecule has 0 bridgehead atoms.